The second-order valence-corrected chi connectivity index (χ2v) is 5.79. The number of piperidine rings is 1. The van der Waals surface area contributed by atoms with Crippen LogP contribution in [0.25, 0.3) is 0 Å². The third-order valence-corrected chi connectivity index (χ3v) is 3.87. The molecule has 1 saturated heterocycles. The van der Waals surface area contributed by atoms with Crippen molar-refractivity contribution in [3.63, 3.8) is 0 Å². The monoisotopic (exact) mass is 311 g/mol. The van der Waals surface area contributed by atoms with Crippen molar-refractivity contribution in [1.82, 2.24) is 10.3 Å². The Kier molecular flexibility index (Phi) is 4.88. The highest BCUT2D eigenvalue weighted by Crippen LogP contribution is 2.21. The number of anilines is 1. The molecule has 2 aromatic rings. The minimum Gasteiger partial charge on any atom is -0.439 e. The number of carbonyl (C=O) groups is 1. The maximum Gasteiger partial charge on any atom is 0.241 e. The van der Waals surface area contributed by atoms with Gasteiger partial charge in [0.25, 0.3) is 0 Å². The molecule has 0 radical (unpaired) electrons. The van der Waals surface area contributed by atoms with Gasteiger partial charge in [-0.1, -0.05) is 24.1 Å². The Morgan fingerprint density at radius 1 is 1.22 bits per heavy atom. The van der Waals surface area contributed by atoms with E-state index < -0.39 is 0 Å². The Morgan fingerprint density at radius 2 is 2.04 bits per heavy atom. The van der Waals surface area contributed by atoms with Gasteiger partial charge >= 0.3 is 0 Å². The topological polar surface area (TPSA) is 63.2 Å². The third-order valence-electron chi connectivity index (χ3n) is 3.87. The summed E-state index contributed by atoms with van der Waals surface area (Å²) in [4.78, 5) is 16.4. The average molecular weight is 311 g/mol. The summed E-state index contributed by atoms with van der Waals surface area (Å²) in [6.45, 7) is 2.93. The summed E-state index contributed by atoms with van der Waals surface area (Å²) in [5.74, 6) is 1.24. The molecule has 5 heteroatoms. The summed E-state index contributed by atoms with van der Waals surface area (Å²) >= 11 is 0. The molecule has 0 aliphatic carbocycles. The summed E-state index contributed by atoms with van der Waals surface area (Å²) in [5, 5.41) is 6.12. The van der Waals surface area contributed by atoms with Crippen molar-refractivity contribution >= 4 is 11.6 Å². The van der Waals surface area contributed by atoms with Crippen molar-refractivity contribution in [2.45, 2.75) is 32.2 Å². The SMILES string of the molecule is Cc1ccc(Oc2ccc(NC(=O)[C@H]3CCCCN3)cn2)cc1. The Balaban J connectivity index is 1.58. The molecule has 1 fully saturated rings. The van der Waals surface area contributed by atoms with Gasteiger partial charge in [0.15, 0.2) is 0 Å². The first kappa shape index (κ1) is 15.5. The van der Waals surface area contributed by atoms with E-state index in [1.807, 2.05) is 31.2 Å². The molecule has 0 unspecified atom stereocenters. The van der Waals surface area contributed by atoms with Crippen LogP contribution in [0.15, 0.2) is 42.6 Å². The van der Waals surface area contributed by atoms with Gasteiger partial charge in [-0.05, 0) is 44.5 Å². The summed E-state index contributed by atoms with van der Waals surface area (Å²) in [6.07, 6.45) is 4.72. The molecule has 3 rings (SSSR count). The molecule has 0 saturated carbocycles. The number of hydrogen-bond acceptors (Lipinski definition) is 4. The van der Waals surface area contributed by atoms with Gasteiger partial charge in [-0.2, -0.15) is 0 Å². The molecule has 120 valence electrons. The lowest BCUT2D eigenvalue weighted by atomic mass is 10.0. The number of nitrogens with zero attached hydrogens (tertiary/aromatic N) is 1. The summed E-state index contributed by atoms with van der Waals surface area (Å²) < 4.78 is 5.67. The van der Waals surface area contributed by atoms with Crippen molar-refractivity contribution in [3.05, 3.63) is 48.2 Å². The van der Waals surface area contributed by atoms with Gasteiger partial charge in [-0.25, -0.2) is 4.98 Å². The normalized spacial score (nSPS) is 17.5. The number of hydrogen-bond donors (Lipinski definition) is 2. The standard InChI is InChI=1S/C18H21N3O2/c1-13-5-8-15(9-6-13)23-17-10-7-14(12-20-17)21-18(22)16-4-2-3-11-19-16/h5-10,12,16,19H,2-4,11H2,1H3,(H,21,22)/t16-/m1/s1. The van der Waals surface area contributed by atoms with Crippen molar-refractivity contribution in [2.75, 3.05) is 11.9 Å². The van der Waals surface area contributed by atoms with Crippen LogP contribution in [0.2, 0.25) is 0 Å². The molecule has 1 aromatic carbocycles. The van der Waals surface area contributed by atoms with E-state index in [2.05, 4.69) is 15.6 Å². The smallest absolute Gasteiger partial charge is 0.241 e. The van der Waals surface area contributed by atoms with Gasteiger partial charge in [-0.15, -0.1) is 0 Å². The van der Waals surface area contributed by atoms with E-state index in [4.69, 9.17) is 4.74 Å². The maximum absolute atomic E-state index is 12.1. The molecule has 2 N–H and O–H groups in total. The molecular formula is C18H21N3O2. The fraction of sp³-hybridized carbons (Fsp3) is 0.333. The van der Waals surface area contributed by atoms with Gasteiger partial charge in [0.2, 0.25) is 11.8 Å². The maximum atomic E-state index is 12.1. The Hall–Kier alpha value is -2.40. The van der Waals surface area contributed by atoms with Crippen LogP contribution in [-0.2, 0) is 4.79 Å². The van der Waals surface area contributed by atoms with Crippen LogP contribution in [0.1, 0.15) is 24.8 Å². The average Bonchev–Trinajstić information content (AvgIpc) is 2.59. The van der Waals surface area contributed by atoms with E-state index in [9.17, 15) is 4.79 Å². The molecule has 1 aliphatic rings. The minimum atomic E-state index is -0.104. The second kappa shape index (κ2) is 7.24. The molecule has 1 amide bonds. The van der Waals surface area contributed by atoms with E-state index in [1.165, 1.54) is 5.56 Å². The lowest BCUT2D eigenvalue weighted by Crippen LogP contribution is -2.43. The number of carbonyl (C=O) groups excluding carboxylic acids is 1. The van der Waals surface area contributed by atoms with Gasteiger partial charge in [-0.3, -0.25) is 4.79 Å². The molecule has 1 aliphatic heterocycles. The molecule has 0 bridgehead atoms. The van der Waals surface area contributed by atoms with E-state index >= 15 is 0 Å². The zero-order valence-electron chi connectivity index (χ0n) is 13.2. The Bertz CT molecular complexity index is 647. The fourth-order valence-electron chi connectivity index (χ4n) is 2.55. The summed E-state index contributed by atoms with van der Waals surface area (Å²) in [7, 11) is 0. The van der Waals surface area contributed by atoms with Crippen LogP contribution in [0.5, 0.6) is 11.6 Å². The predicted molar refractivity (Wildman–Crippen MR) is 89.8 cm³/mol. The highest BCUT2D eigenvalue weighted by atomic mass is 16.5. The van der Waals surface area contributed by atoms with Crippen molar-refractivity contribution in [1.29, 1.82) is 0 Å². The summed E-state index contributed by atoms with van der Waals surface area (Å²) in [6, 6.07) is 11.2. The third kappa shape index (κ3) is 4.29. The lowest BCUT2D eigenvalue weighted by molar-refractivity contribution is -0.118. The van der Waals surface area contributed by atoms with Crippen LogP contribution in [0.4, 0.5) is 5.69 Å². The van der Waals surface area contributed by atoms with E-state index in [0.29, 0.717) is 11.6 Å². The molecule has 5 nitrogen and oxygen atoms in total. The first-order chi connectivity index (χ1) is 11.2. The lowest BCUT2D eigenvalue weighted by Gasteiger charge is -2.22. The van der Waals surface area contributed by atoms with Crippen molar-refractivity contribution < 1.29 is 9.53 Å². The van der Waals surface area contributed by atoms with Crippen molar-refractivity contribution in [2.24, 2.45) is 0 Å². The zero-order chi connectivity index (χ0) is 16.1. The molecule has 23 heavy (non-hydrogen) atoms. The predicted octanol–water partition coefficient (Wildman–Crippen LogP) is 3.26. The van der Waals surface area contributed by atoms with Crippen LogP contribution in [0, 0.1) is 6.92 Å². The van der Waals surface area contributed by atoms with E-state index in [1.54, 1.807) is 18.3 Å². The van der Waals surface area contributed by atoms with Crippen molar-refractivity contribution in [3.8, 4) is 11.6 Å². The number of benzene rings is 1. The molecule has 0 spiro atoms. The molecule has 2 heterocycles. The zero-order valence-corrected chi connectivity index (χ0v) is 13.2. The highest BCUT2D eigenvalue weighted by Gasteiger charge is 2.20. The second-order valence-electron chi connectivity index (χ2n) is 5.79. The summed E-state index contributed by atoms with van der Waals surface area (Å²) in [5.41, 5.74) is 1.86. The number of rotatable bonds is 4. The number of pyridine rings is 1. The Morgan fingerprint density at radius 3 is 2.70 bits per heavy atom. The number of ether oxygens (including phenoxy) is 1. The number of aromatic nitrogens is 1. The van der Waals surface area contributed by atoms with Crippen LogP contribution in [-0.4, -0.2) is 23.5 Å². The molecular weight excluding hydrogens is 290 g/mol. The van der Waals surface area contributed by atoms with E-state index in [-0.39, 0.29) is 11.9 Å². The van der Waals surface area contributed by atoms with Gasteiger partial charge in [0.05, 0.1) is 17.9 Å². The molecule has 1 aromatic heterocycles. The van der Waals surface area contributed by atoms with Crippen LogP contribution >= 0.6 is 0 Å². The van der Waals surface area contributed by atoms with Crippen LogP contribution in [0.3, 0.4) is 0 Å². The fourth-order valence-corrected chi connectivity index (χ4v) is 2.55. The first-order valence-electron chi connectivity index (χ1n) is 7.95. The number of amides is 1. The van der Waals surface area contributed by atoms with E-state index in [0.717, 1.165) is 31.6 Å². The largest absolute Gasteiger partial charge is 0.439 e. The first-order valence-corrected chi connectivity index (χ1v) is 7.95. The van der Waals surface area contributed by atoms with Crippen LogP contribution < -0.4 is 15.4 Å². The minimum absolute atomic E-state index is 0.00120. The quantitative estimate of drug-likeness (QED) is 0.909. The Labute approximate surface area is 136 Å². The highest BCUT2D eigenvalue weighted by molar-refractivity contribution is 5.94. The van der Waals surface area contributed by atoms with Gasteiger partial charge < -0.3 is 15.4 Å². The molecule has 1 atom stereocenters. The van der Waals surface area contributed by atoms with Gasteiger partial charge in [0.1, 0.15) is 5.75 Å². The van der Waals surface area contributed by atoms with Gasteiger partial charge in [0, 0.05) is 6.07 Å². The number of aryl methyl sites for hydroxylation is 1. The number of nitrogens with one attached hydrogen (secondary N) is 2.